The third kappa shape index (κ3) is 5.65. The third-order valence-corrected chi connectivity index (χ3v) is 11.1. The van der Waals surface area contributed by atoms with Crippen molar-refractivity contribution >= 4 is 43.2 Å². The van der Waals surface area contributed by atoms with Crippen molar-refractivity contribution in [2.75, 3.05) is 0 Å². The highest BCUT2D eigenvalue weighted by molar-refractivity contribution is 7.21. The van der Waals surface area contributed by atoms with Crippen LogP contribution in [-0.4, -0.2) is 24.7 Å². The van der Waals surface area contributed by atoms with Gasteiger partial charge in [0.2, 0.25) is 0 Å². The first kappa shape index (κ1) is 31.9. The smallest absolute Gasteiger partial charge is 0.168 e. The fourth-order valence-electron chi connectivity index (χ4n) is 7.64. The van der Waals surface area contributed by atoms with Crippen molar-refractivity contribution in [1.29, 1.82) is 0 Å². The zero-order valence-corrected chi connectivity index (χ0v) is 30.5. The van der Waals surface area contributed by atoms with Crippen molar-refractivity contribution in [2.24, 2.45) is 0 Å². The maximum atomic E-state index is 5.10. The molecule has 54 heavy (non-hydrogen) atoms. The number of hydrogen-bond donors (Lipinski definition) is 0. The van der Waals surface area contributed by atoms with E-state index in [0.29, 0.717) is 0 Å². The Hall–Kier alpha value is -6.76. The minimum atomic E-state index is 0.784. The maximum absolute atomic E-state index is 5.10. The number of nitrogens with zero attached hydrogens (tertiary/aromatic N) is 5. The molecule has 0 aliphatic carbocycles. The van der Waals surface area contributed by atoms with Crippen LogP contribution in [0.15, 0.2) is 164 Å². The number of rotatable bonds is 6. The summed E-state index contributed by atoms with van der Waals surface area (Å²) >= 11 is 1.72. The van der Waals surface area contributed by atoms with Crippen LogP contribution in [0, 0.1) is 13.8 Å². The van der Waals surface area contributed by atoms with Crippen molar-refractivity contribution in [3.05, 3.63) is 175 Å². The molecule has 0 atom stereocenters. The highest BCUT2D eigenvalue weighted by atomic mass is 32.1. The van der Waals surface area contributed by atoms with Crippen molar-refractivity contribution in [1.82, 2.24) is 24.7 Å². The molecule has 10 rings (SSSR count). The number of hydrogen-bond acceptors (Lipinski definition) is 5. The highest BCUT2D eigenvalue weighted by Gasteiger charge is 2.19. The Balaban J connectivity index is 1.18. The average Bonchev–Trinajstić information content (AvgIpc) is 3.86. The van der Waals surface area contributed by atoms with Gasteiger partial charge in [0.05, 0.1) is 15.7 Å². The first-order chi connectivity index (χ1) is 26.6. The third-order valence-electron chi connectivity index (χ3n) is 10.0. The summed E-state index contributed by atoms with van der Waals surface area (Å²) in [6.45, 7) is 4.25. The first-order valence-electron chi connectivity index (χ1n) is 18.0. The largest absolute Gasteiger partial charge is 0.275 e. The van der Waals surface area contributed by atoms with Crippen LogP contribution in [0.5, 0.6) is 0 Å². The second-order valence-corrected chi connectivity index (χ2v) is 14.8. The number of fused-ring (bicyclic) bond motifs is 4. The molecule has 10 aromatic rings. The van der Waals surface area contributed by atoms with Crippen LogP contribution in [0.2, 0.25) is 0 Å². The van der Waals surface area contributed by atoms with E-state index in [2.05, 4.69) is 158 Å². The molecule has 0 bridgehead atoms. The van der Waals surface area contributed by atoms with Gasteiger partial charge in [0.25, 0.3) is 0 Å². The zero-order chi connectivity index (χ0) is 36.2. The number of thiazole rings is 1. The van der Waals surface area contributed by atoms with Crippen molar-refractivity contribution in [2.45, 2.75) is 13.8 Å². The Kier molecular flexibility index (Phi) is 7.70. The van der Waals surface area contributed by atoms with Crippen molar-refractivity contribution in [3.8, 4) is 61.3 Å². The Bertz CT molecular complexity index is 2980. The molecule has 0 spiro atoms. The van der Waals surface area contributed by atoms with Crippen molar-refractivity contribution in [3.63, 3.8) is 0 Å². The van der Waals surface area contributed by atoms with Crippen LogP contribution in [0.25, 0.3) is 93.2 Å². The summed E-state index contributed by atoms with van der Waals surface area (Å²) in [5.74, 6) is 1.59. The molecule has 0 fully saturated rings. The molecular weight excluding hydrogens is 679 g/mol. The summed E-state index contributed by atoms with van der Waals surface area (Å²) in [6.07, 6.45) is 1.88. The Morgan fingerprint density at radius 1 is 0.500 bits per heavy atom. The van der Waals surface area contributed by atoms with E-state index < -0.39 is 0 Å². The number of para-hydroxylation sites is 2. The molecular formula is C48H33N5S. The van der Waals surface area contributed by atoms with Gasteiger partial charge in [0.1, 0.15) is 5.01 Å². The number of pyridine rings is 1. The molecule has 7 aromatic carbocycles. The molecule has 0 amide bonds. The Morgan fingerprint density at radius 2 is 1.19 bits per heavy atom. The van der Waals surface area contributed by atoms with Crippen LogP contribution in [0.4, 0.5) is 0 Å². The lowest BCUT2D eigenvalue weighted by atomic mass is 9.91. The van der Waals surface area contributed by atoms with Crippen LogP contribution in [0.1, 0.15) is 11.1 Å². The molecule has 3 heterocycles. The SMILES string of the molecule is Cc1cc(C)cc(-c2nnc(-c3cccc(-c4cc(-c5nc6ccccc6s5)cc(-c5cc6ccccc6c6ncccc56)c4)c3)n2-c2ccccc2)c1. The summed E-state index contributed by atoms with van der Waals surface area (Å²) in [7, 11) is 0. The van der Waals surface area contributed by atoms with E-state index in [4.69, 9.17) is 20.2 Å². The fourth-order valence-corrected chi connectivity index (χ4v) is 8.59. The minimum Gasteiger partial charge on any atom is -0.275 e. The molecule has 0 aliphatic rings. The van der Waals surface area contributed by atoms with Gasteiger partial charge in [0.15, 0.2) is 11.6 Å². The van der Waals surface area contributed by atoms with Gasteiger partial charge < -0.3 is 0 Å². The second kappa shape index (κ2) is 13.0. The molecule has 5 nitrogen and oxygen atoms in total. The molecule has 3 aromatic heterocycles. The van der Waals surface area contributed by atoms with Gasteiger partial charge >= 0.3 is 0 Å². The first-order valence-corrected chi connectivity index (χ1v) is 18.9. The van der Waals surface area contributed by atoms with Crippen LogP contribution in [0.3, 0.4) is 0 Å². The minimum absolute atomic E-state index is 0.784. The van der Waals surface area contributed by atoms with Crippen LogP contribution >= 0.6 is 11.3 Å². The van der Waals surface area contributed by atoms with Gasteiger partial charge in [-0.3, -0.25) is 9.55 Å². The van der Waals surface area contributed by atoms with Gasteiger partial charge in [-0.2, -0.15) is 0 Å². The molecule has 0 saturated carbocycles. The van der Waals surface area contributed by atoms with E-state index >= 15 is 0 Å². The van der Waals surface area contributed by atoms with Gasteiger partial charge in [-0.25, -0.2) is 4.98 Å². The summed E-state index contributed by atoms with van der Waals surface area (Å²) in [5, 5.41) is 14.1. The monoisotopic (exact) mass is 711 g/mol. The summed E-state index contributed by atoms with van der Waals surface area (Å²) in [5.41, 5.74) is 12.9. The van der Waals surface area contributed by atoms with Gasteiger partial charge in [-0.05, 0) is 114 Å². The quantitative estimate of drug-likeness (QED) is 0.161. The number of aromatic nitrogens is 5. The normalized spacial score (nSPS) is 11.5. The molecule has 256 valence electrons. The van der Waals surface area contributed by atoms with Crippen LogP contribution < -0.4 is 0 Å². The average molecular weight is 712 g/mol. The zero-order valence-electron chi connectivity index (χ0n) is 29.7. The lowest BCUT2D eigenvalue weighted by Gasteiger charge is -2.14. The van der Waals surface area contributed by atoms with E-state index in [0.717, 1.165) is 88.5 Å². The highest BCUT2D eigenvalue weighted by Crippen LogP contribution is 2.41. The second-order valence-electron chi connectivity index (χ2n) is 13.8. The fraction of sp³-hybridized carbons (Fsp3) is 0.0417. The van der Waals surface area contributed by atoms with Gasteiger partial charge in [0, 0.05) is 39.3 Å². The lowest BCUT2D eigenvalue weighted by molar-refractivity contribution is 1.07. The molecule has 0 N–H and O–H groups in total. The Labute approximate surface area is 316 Å². The summed E-state index contributed by atoms with van der Waals surface area (Å²) < 4.78 is 3.34. The predicted molar refractivity (Wildman–Crippen MR) is 224 cm³/mol. The van der Waals surface area contributed by atoms with E-state index in [-0.39, 0.29) is 0 Å². The topological polar surface area (TPSA) is 56.5 Å². The predicted octanol–water partition coefficient (Wildman–Crippen LogP) is 12.5. The summed E-state index contributed by atoms with van der Waals surface area (Å²) in [4.78, 5) is 9.98. The lowest BCUT2D eigenvalue weighted by Crippen LogP contribution is -2.00. The van der Waals surface area contributed by atoms with E-state index in [1.165, 1.54) is 15.8 Å². The molecule has 0 aliphatic heterocycles. The van der Waals surface area contributed by atoms with E-state index in [9.17, 15) is 0 Å². The Morgan fingerprint density at radius 3 is 2.04 bits per heavy atom. The number of aryl methyl sites for hydroxylation is 2. The molecule has 0 unspecified atom stereocenters. The molecule has 0 saturated heterocycles. The van der Waals surface area contributed by atoms with Gasteiger partial charge in [-0.15, -0.1) is 21.5 Å². The van der Waals surface area contributed by atoms with Gasteiger partial charge in [-0.1, -0.05) is 96.1 Å². The molecule has 6 heteroatoms. The maximum Gasteiger partial charge on any atom is 0.168 e. The number of benzene rings is 7. The standard InChI is InChI=1S/C48H33N5S/c1-30-22-31(2)24-37(23-30)47-52-51-46(53(47)39-15-4-3-5-16-39)34-14-10-13-32(25-34)35-26-36(28-38(27-35)48-50-43-19-8-9-20-44(43)54-48)42-29-33-12-6-7-17-40(33)45-41(42)18-11-21-49-45/h3-29H,1-2H3. The molecule has 0 radical (unpaired) electrons. The van der Waals surface area contributed by atoms with Crippen molar-refractivity contribution < 1.29 is 0 Å². The van der Waals surface area contributed by atoms with E-state index in [1.807, 2.05) is 24.4 Å². The van der Waals surface area contributed by atoms with Crippen LogP contribution in [-0.2, 0) is 0 Å². The summed E-state index contributed by atoms with van der Waals surface area (Å²) in [6, 6.07) is 55.8. The van der Waals surface area contributed by atoms with E-state index in [1.54, 1.807) is 11.3 Å².